The summed E-state index contributed by atoms with van der Waals surface area (Å²) in [6.45, 7) is 8.06. The van der Waals surface area contributed by atoms with Gasteiger partial charge in [0.05, 0.1) is 26.2 Å². The molecule has 146 valence electrons. The van der Waals surface area contributed by atoms with Gasteiger partial charge in [-0.3, -0.25) is 0 Å². The lowest BCUT2D eigenvalue weighted by atomic mass is 10.0. The number of nitrogens with zero attached hydrogens (tertiary/aromatic N) is 1. The van der Waals surface area contributed by atoms with Crippen molar-refractivity contribution in [3.05, 3.63) is 0 Å². The van der Waals surface area contributed by atoms with Crippen LogP contribution in [0, 0.1) is 0 Å². The van der Waals surface area contributed by atoms with Crippen LogP contribution in [0.3, 0.4) is 0 Å². The minimum atomic E-state index is 0. The summed E-state index contributed by atoms with van der Waals surface area (Å²) in [7, 11) is 2.10. The van der Waals surface area contributed by atoms with E-state index in [1.807, 2.05) is 0 Å². The number of thiol groups is 1. The second-order valence-electron chi connectivity index (χ2n) is 7.68. The third-order valence-corrected chi connectivity index (χ3v) is 6.21. The van der Waals surface area contributed by atoms with E-state index in [0.717, 1.165) is 11.8 Å². The Bertz CT molecular complexity index is 266. The smallest absolute Gasteiger partial charge is 0.0788 e. The van der Waals surface area contributed by atoms with Gasteiger partial charge in [0.2, 0.25) is 0 Å². The highest BCUT2D eigenvalue weighted by Gasteiger charge is 2.30. The average Bonchev–Trinajstić information content (AvgIpc) is 3.03. The molecule has 24 heavy (non-hydrogen) atoms. The van der Waals surface area contributed by atoms with Crippen LogP contribution < -0.4 is 22.3 Å². The minimum Gasteiger partial charge on any atom is -1.00 e. The molecule has 1 heterocycles. The number of rotatable bonds is 15. The van der Waals surface area contributed by atoms with Crippen LogP contribution in [0.2, 0.25) is 0 Å². The standard InChI is InChI=1S/C20H42N2S.BrH/c1-3-20(21-2)14-8-6-4-5-7-9-15-22(16-10-11-17-22)18-12-13-19-23;/h20-21H,3-19H2,1-2H3;1H. The molecule has 0 aliphatic carbocycles. The summed E-state index contributed by atoms with van der Waals surface area (Å²) in [5.74, 6) is 1.06. The summed E-state index contributed by atoms with van der Waals surface area (Å²) in [6.07, 6.45) is 16.9. The monoisotopic (exact) mass is 422 g/mol. The Balaban J connectivity index is 0.00000529. The van der Waals surface area contributed by atoms with E-state index in [2.05, 4.69) is 31.9 Å². The van der Waals surface area contributed by atoms with Gasteiger partial charge in [0.25, 0.3) is 0 Å². The number of nitrogens with one attached hydrogen (secondary N) is 1. The summed E-state index contributed by atoms with van der Waals surface area (Å²) in [6, 6.07) is 0.742. The van der Waals surface area contributed by atoms with Crippen LogP contribution in [-0.4, -0.2) is 49.5 Å². The van der Waals surface area contributed by atoms with Crippen LogP contribution >= 0.6 is 12.6 Å². The van der Waals surface area contributed by atoms with Gasteiger partial charge in [0.1, 0.15) is 0 Å². The Morgan fingerprint density at radius 1 is 0.875 bits per heavy atom. The molecule has 1 atom stereocenters. The first kappa shape index (κ1) is 24.8. The van der Waals surface area contributed by atoms with Crippen LogP contribution in [0.15, 0.2) is 0 Å². The average molecular weight is 424 g/mol. The third-order valence-electron chi connectivity index (χ3n) is 5.89. The highest BCUT2D eigenvalue weighted by molar-refractivity contribution is 7.80. The lowest BCUT2D eigenvalue weighted by Gasteiger charge is -2.34. The van der Waals surface area contributed by atoms with E-state index < -0.39 is 0 Å². The third kappa shape index (κ3) is 10.7. The Labute approximate surface area is 168 Å². The first-order valence-corrected chi connectivity index (χ1v) is 11.0. The van der Waals surface area contributed by atoms with E-state index in [9.17, 15) is 0 Å². The fourth-order valence-electron chi connectivity index (χ4n) is 4.22. The lowest BCUT2D eigenvalue weighted by Crippen LogP contribution is -3.00. The van der Waals surface area contributed by atoms with Gasteiger partial charge in [0, 0.05) is 18.9 Å². The van der Waals surface area contributed by atoms with E-state index in [1.165, 1.54) is 108 Å². The molecule has 1 fully saturated rings. The summed E-state index contributed by atoms with van der Waals surface area (Å²) in [4.78, 5) is 0. The zero-order valence-corrected chi connectivity index (χ0v) is 18.9. The van der Waals surface area contributed by atoms with Crippen LogP contribution in [0.1, 0.15) is 84.0 Å². The zero-order valence-electron chi connectivity index (χ0n) is 16.4. The molecule has 1 aliphatic rings. The van der Waals surface area contributed by atoms with Crippen LogP contribution in [0.5, 0.6) is 0 Å². The SMILES string of the molecule is CCC(CCCCCCCC[N+]1(CCCCS)CCCC1)NC.[Br-]. The van der Waals surface area contributed by atoms with Gasteiger partial charge < -0.3 is 26.8 Å². The van der Waals surface area contributed by atoms with E-state index in [-0.39, 0.29) is 17.0 Å². The maximum atomic E-state index is 4.36. The van der Waals surface area contributed by atoms with Crippen LogP contribution in [-0.2, 0) is 0 Å². The molecular formula is C20H43BrN2S. The molecule has 4 heteroatoms. The first-order chi connectivity index (χ1) is 11.3. The fourth-order valence-corrected chi connectivity index (χ4v) is 4.45. The topological polar surface area (TPSA) is 12.0 Å². The van der Waals surface area contributed by atoms with Gasteiger partial charge >= 0.3 is 0 Å². The van der Waals surface area contributed by atoms with Crippen molar-refractivity contribution >= 4 is 12.6 Å². The van der Waals surface area contributed by atoms with Gasteiger partial charge in [-0.2, -0.15) is 12.6 Å². The molecule has 1 saturated heterocycles. The van der Waals surface area contributed by atoms with Gasteiger partial charge in [-0.15, -0.1) is 0 Å². The molecule has 0 radical (unpaired) electrons. The van der Waals surface area contributed by atoms with E-state index in [0.29, 0.717) is 0 Å². The van der Waals surface area contributed by atoms with Crippen molar-refractivity contribution in [3.8, 4) is 0 Å². The molecule has 1 unspecified atom stereocenters. The number of hydrogen-bond donors (Lipinski definition) is 2. The van der Waals surface area contributed by atoms with Gasteiger partial charge in [0.15, 0.2) is 0 Å². The molecule has 1 N–H and O–H groups in total. The lowest BCUT2D eigenvalue weighted by molar-refractivity contribution is -0.917. The predicted octanol–water partition coefficient (Wildman–Crippen LogP) is 2.04. The molecule has 0 amide bonds. The van der Waals surface area contributed by atoms with Crippen LogP contribution in [0.25, 0.3) is 0 Å². The van der Waals surface area contributed by atoms with Gasteiger partial charge in [-0.25, -0.2) is 0 Å². The van der Waals surface area contributed by atoms with Gasteiger partial charge in [-0.1, -0.05) is 32.6 Å². The first-order valence-electron chi connectivity index (χ1n) is 10.4. The normalized spacial score (nSPS) is 17.6. The summed E-state index contributed by atoms with van der Waals surface area (Å²) in [5, 5.41) is 3.41. The molecule has 2 nitrogen and oxygen atoms in total. The summed E-state index contributed by atoms with van der Waals surface area (Å²) >= 11 is 4.36. The molecular weight excluding hydrogens is 380 g/mol. The van der Waals surface area contributed by atoms with Crippen molar-refractivity contribution in [2.24, 2.45) is 0 Å². The molecule has 0 bridgehead atoms. The molecule has 0 spiro atoms. The Hall–Kier alpha value is 0.750. The summed E-state index contributed by atoms with van der Waals surface area (Å²) in [5.41, 5.74) is 0. The molecule has 1 rings (SSSR count). The number of unbranched alkanes of at least 4 members (excludes halogenated alkanes) is 6. The number of likely N-dealkylation sites (tertiary alicyclic amines) is 1. The highest BCUT2D eigenvalue weighted by Crippen LogP contribution is 2.22. The van der Waals surface area contributed by atoms with Crippen molar-refractivity contribution < 1.29 is 21.5 Å². The van der Waals surface area contributed by atoms with Crippen LogP contribution in [0.4, 0.5) is 0 Å². The van der Waals surface area contributed by atoms with E-state index in [4.69, 9.17) is 0 Å². The van der Waals surface area contributed by atoms with E-state index in [1.54, 1.807) is 0 Å². The maximum absolute atomic E-state index is 4.36. The highest BCUT2D eigenvalue weighted by atomic mass is 79.9. The number of quaternary nitrogens is 1. The van der Waals surface area contributed by atoms with Crippen molar-refractivity contribution in [1.82, 2.24) is 5.32 Å². The maximum Gasteiger partial charge on any atom is 0.0788 e. The molecule has 1 aliphatic heterocycles. The zero-order chi connectivity index (χ0) is 16.8. The van der Waals surface area contributed by atoms with Crippen molar-refractivity contribution in [1.29, 1.82) is 0 Å². The van der Waals surface area contributed by atoms with Crippen molar-refractivity contribution in [2.45, 2.75) is 90.0 Å². The number of halogens is 1. The van der Waals surface area contributed by atoms with Crippen molar-refractivity contribution in [2.75, 3.05) is 39.0 Å². The Morgan fingerprint density at radius 3 is 1.96 bits per heavy atom. The van der Waals surface area contributed by atoms with E-state index >= 15 is 0 Å². The Kier molecular flexibility index (Phi) is 16.5. The second-order valence-corrected chi connectivity index (χ2v) is 8.12. The fraction of sp³-hybridized carbons (Fsp3) is 1.00. The largest absolute Gasteiger partial charge is 1.00 e. The molecule has 0 aromatic carbocycles. The molecule has 0 aromatic rings. The second kappa shape index (κ2) is 16.0. The number of hydrogen-bond acceptors (Lipinski definition) is 2. The predicted molar refractivity (Wildman–Crippen MR) is 108 cm³/mol. The van der Waals surface area contributed by atoms with Crippen molar-refractivity contribution in [3.63, 3.8) is 0 Å². The Morgan fingerprint density at radius 2 is 1.42 bits per heavy atom. The molecule has 0 aromatic heterocycles. The quantitative estimate of drug-likeness (QED) is 0.233. The summed E-state index contributed by atoms with van der Waals surface area (Å²) < 4.78 is 1.44. The molecule has 0 saturated carbocycles. The minimum absolute atomic E-state index is 0. The van der Waals surface area contributed by atoms with Gasteiger partial charge in [-0.05, 0) is 51.3 Å².